The van der Waals surface area contributed by atoms with Gasteiger partial charge in [0.15, 0.2) is 22.6 Å². The number of aliphatic imine (C=N–C) groups is 1. The molecule has 45 heavy (non-hydrogen) atoms. The predicted molar refractivity (Wildman–Crippen MR) is 159 cm³/mol. The number of Topliss-reactive ketones (excluding diaryl/α,β-unsaturated/α-hetero) is 1. The number of carbonyl (C=O) groups excluding carboxylic acids is 2. The van der Waals surface area contributed by atoms with Crippen molar-refractivity contribution in [2.75, 3.05) is 25.4 Å². The fourth-order valence-corrected chi connectivity index (χ4v) is 5.62. The number of ether oxygens (including phenoxy) is 1. The minimum Gasteiger partial charge on any atom is -0.489 e. The lowest BCUT2D eigenvalue weighted by Crippen LogP contribution is -2.68. The van der Waals surface area contributed by atoms with E-state index in [9.17, 15) is 27.9 Å². The Kier molecular flexibility index (Phi) is 9.92. The van der Waals surface area contributed by atoms with Gasteiger partial charge < -0.3 is 36.8 Å². The summed E-state index contributed by atoms with van der Waals surface area (Å²) in [5.41, 5.74) is 17.4. The van der Waals surface area contributed by atoms with Crippen molar-refractivity contribution in [2.24, 2.45) is 27.5 Å². The van der Waals surface area contributed by atoms with Crippen molar-refractivity contribution in [3.8, 4) is 5.75 Å². The molecule has 244 valence electrons. The first-order valence-corrected chi connectivity index (χ1v) is 15.6. The van der Waals surface area contributed by atoms with Crippen molar-refractivity contribution in [3.63, 3.8) is 0 Å². The molecule has 0 spiro atoms. The number of nitrogens with zero attached hydrogens (tertiary/aromatic N) is 5. The molecule has 0 aliphatic carbocycles. The van der Waals surface area contributed by atoms with E-state index < -0.39 is 64.4 Å². The molecule has 0 bridgehead atoms. The summed E-state index contributed by atoms with van der Waals surface area (Å²) in [6, 6.07) is 5.23. The lowest BCUT2D eigenvalue weighted by Gasteiger charge is -2.50. The molecule has 3 heterocycles. The zero-order chi connectivity index (χ0) is 33.1. The number of hydrogen-bond donors (Lipinski definition) is 5. The average Bonchev–Trinajstić information content (AvgIpc) is 3.60. The molecule has 2 aliphatic rings. The molecule has 18 nitrogen and oxygen atoms in total. The Labute approximate surface area is 261 Å². The normalized spacial score (nSPS) is 18.8. The summed E-state index contributed by atoms with van der Waals surface area (Å²) in [4.78, 5) is 53.2. The number of benzene rings is 1. The van der Waals surface area contributed by atoms with Gasteiger partial charge in [-0.25, -0.2) is 9.78 Å². The van der Waals surface area contributed by atoms with E-state index >= 15 is 0 Å². The fraction of sp³-hybridized carbons (Fsp3) is 0.440. The lowest BCUT2D eigenvalue weighted by molar-refractivity contribution is -0.228. The van der Waals surface area contributed by atoms with Gasteiger partial charge in [0.25, 0.3) is 12.0 Å². The van der Waals surface area contributed by atoms with E-state index in [1.807, 2.05) is 11.0 Å². The summed E-state index contributed by atoms with van der Waals surface area (Å²) in [7, 11) is -4.99. The molecule has 2 aliphatic heterocycles. The first kappa shape index (κ1) is 33.5. The van der Waals surface area contributed by atoms with Gasteiger partial charge >= 0.3 is 16.4 Å². The number of aliphatic carboxylic acids is 1. The number of carboxylic acids is 1. The van der Waals surface area contributed by atoms with Crippen molar-refractivity contribution in [1.82, 2.24) is 14.9 Å². The van der Waals surface area contributed by atoms with Crippen LogP contribution in [-0.4, -0.2) is 93.7 Å². The first-order valence-electron chi connectivity index (χ1n) is 13.3. The molecule has 0 saturated carbocycles. The molecule has 1 aromatic carbocycles. The standard InChI is InChI=1S/C25H32N8O10S2/c1-25(2)16(21(35)33(25)43-45(38,39)40)8-18(34)20(17-12-44-24(28)30-17)31-42-19(22(36)37)11-41-15-4-3-13-9-32(10-14(13)7-15)23(27)29-6-5-26/h3-4,7,12,16,19H,5-6,8-11,26H2,1-2H3,(H2,27,29)(H2,28,30)(H,36,37)(H,38,39,40)/b31-20-/t16-,19+/m1/s1. The molecule has 2 atom stereocenters. The Morgan fingerprint density at radius 1 is 1.27 bits per heavy atom. The van der Waals surface area contributed by atoms with Crippen LogP contribution >= 0.6 is 11.3 Å². The summed E-state index contributed by atoms with van der Waals surface area (Å²) in [5, 5.41) is 15.4. The minimum absolute atomic E-state index is 0.0272. The predicted octanol–water partition coefficient (Wildman–Crippen LogP) is -0.502. The number of oxime groups is 1. The number of hydroxylamine groups is 2. The second kappa shape index (κ2) is 13.3. The number of nitrogen functional groups attached to an aromatic ring is 1. The second-order valence-corrected chi connectivity index (χ2v) is 12.4. The monoisotopic (exact) mass is 668 g/mol. The van der Waals surface area contributed by atoms with Gasteiger partial charge in [0, 0.05) is 31.4 Å². The number of fused-ring (bicyclic) bond motifs is 1. The van der Waals surface area contributed by atoms with Gasteiger partial charge in [-0.3, -0.25) is 19.1 Å². The maximum Gasteiger partial charge on any atom is 0.418 e. The van der Waals surface area contributed by atoms with Gasteiger partial charge in [-0.2, -0.15) is 13.5 Å². The highest BCUT2D eigenvalue weighted by molar-refractivity contribution is 7.80. The molecule has 1 amide bonds. The zero-order valence-electron chi connectivity index (χ0n) is 24.2. The molecule has 8 N–H and O–H groups in total. The SMILES string of the molecule is CC1(C)[C@H](CC(=O)/C(=N\O[C@@H](COc2ccc3c(c2)CN(C(N)=NCCN)C3)C(=O)O)c2csc(N)n2)C(=O)N1OS(=O)(=O)O. The Morgan fingerprint density at radius 2 is 1.98 bits per heavy atom. The van der Waals surface area contributed by atoms with E-state index in [1.54, 1.807) is 12.1 Å². The molecular weight excluding hydrogens is 636 g/mol. The summed E-state index contributed by atoms with van der Waals surface area (Å²) in [6.07, 6.45) is -2.16. The number of carboxylic acid groups (broad SMARTS) is 1. The quantitative estimate of drug-likeness (QED) is 0.0558. The average molecular weight is 669 g/mol. The van der Waals surface area contributed by atoms with Gasteiger partial charge in [-0.1, -0.05) is 11.2 Å². The van der Waals surface area contributed by atoms with Gasteiger partial charge in [-0.05, 0) is 37.1 Å². The number of guanidine groups is 1. The van der Waals surface area contributed by atoms with Crippen LogP contribution in [0.3, 0.4) is 0 Å². The number of carbonyl (C=O) groups is 3. The third kappa shape index (κ3) is 7.84. The Morgan fingerprint density at radius 3 is 2.58 bits per heavy atom. The van der Waals surface area contributed by atoms with Crippen LogP contribution in [0.25, 0.3) is 0 Å². The molecular formula is C25H32N8O10S2. The molecule has 0 radical (unpaired) electrons. The van der Waals surface area contributed by atoms with Crippen molar-refractivity contribution < 1.29 is 46.3 Å². The van der Waals surface area contributed by atoms with Crippen LogP contribution in [-0.2, 0) is 47.0 Å². The zero-order valence-corrected chi connectivity index (χ0v) is 25.8. The number of thiazole rings is 1. The second-order valence-electron chi connectivity index (χ2n) is 10.5. The van der Waals surface area contributed by atoms with E-state index in [0.717, 1.165) is 22.5 Å². The third-order valence-corrected chi connectivity index (χ3v) is 8.05. The van der Waals surface area contributed by atoms with Gasteiger partial charge in [-0.15, -0.1) is 15.6 Å². The molecule has 20 heteroatoms. The molecule has 4 rings (SSSR count). The number of nitrogens with two attached hydrogens (primary N) is 3. The van der Waals surface area contributed by atoms with E-state index in [0.29, 0.717) is 43.0 Å². The summed E-state index contributed by atoms with van der Waals surface area (Å²) >= 11 is 0.982. The number of hydrogen-bond acceptors (Lipinski definition) is 14. The maximum absolute atomic E-state index is 13.3. The highest BCUT2D eigenvalue weighted by Gasteiger charge is 2.57. The number of β-lactam (4-membered cyclic amide) rings is 1. The third-order valence-electron chi connectivity index (χ3n) is 7.04. The van der Waals surface area contributed by atoms with E-state index in [-0.39, 0.29) is 10.8 Å². The smallest absolute Gasteiger partial charge is 0.418 e. The number of rotatable bonds is 14. The van der Waals surface area contributed by atoms with Crippen molar-refractivity contribution in [2.45, 2.75) is 45.0 Å². The van der Waals surface area contributed by atoms with Crippen LogP contribution in [0, 0.1) is 5.92 Å². The van der Waals surface area contributed by atoms with Crippen LogP contribution in [0.1, 0.15) is 37.1 Å². The van der Waals surface area contributed by atoms with E-state index in [1.165, 1.54) is 19.2 Å². The van der Waals surface area contributed by atoms with E-state index in [4.69, 9.17) is 31.3 Å². The number of ketones is 1. The topological polar surface area (TPSA) is 276 Å². The summed E-state index contributed by atoms with van der Waals surface area (Å²) in [6.45, 7) is 4.13. The minimum atomic E-state index is -4.99. The van der Waals surface area contributed by atoms with Gasteiger partial charge in [0.05, 0.1) is 18.0 Å². The Bertz CT molecular complexity index is 1640. The summed E-state index contributed by atoms with van der Waals surface area (Å²) < 4.78 is 41.1. The van der Waals surface area contributed by atoms with Crippen LogP contribution in [0.15, 0.2) is 33.7 Å². The van der Waals surface area contributed by atoms with Gasteiger partial charge in [0.1, 0.15) is 18.1 Å². The first-order chi connectivity index (χ1) is 21.1. The number of aromatic nitrogens is 1. The van der Waals surface area contributed by atoms with E-state index in [2.05, 4.69) is 19.4 Å². The largest absolute Gasteiger partial charge is 0.489 e. The highest BCUT2D eigenvalue weighted by Crippen LogP contribution is 2.40. The molecule has 2 aromatic rings. The maximum atomic E-state index is 13.3. The molecule has 0 unspecified atom stereocenters. The molecule has 1 saturated heterocycles. The fourth-order valence-electron chi connectivity index (χ4n) is 4.62. The highest BCUT2D eigenvalue weighted by atomic mass is 32.3. The van der Waals surface area contributed by atoms with Crippen molar-refractivity contribution in [1.29, 1.82) is 0 Å². The van der Waals surface area contributed by atoms with Crippen LogP contribution in [0.5, 0.6) is 5.75 Å². The van der Waals surface area contributed by atoms with Crippen LogP contribution < -0.4 is 21.9 Å². The Hall–Kier alpha value is -4.37. The number of amides is 1. The van der Waals surface area contributed by atoms with Crippen molar-refractivity contribution in [3.05, 3.63) is 40.4 Å². The Balaban J connectivity index is 1.45. The van der Waals surface area contributed by atoms with Crippen LogP contribution in [0.2, 0.25) is 0 Å². The van der Waals surface area contributed by atoms with Crippen LogP contribution in [0.4, 0.5) is 5.13 Å². The molecule has 1 fully saturated rings. The van der Waals surface area contributed by atoms with Crippen molar-refractivity contribution >= 4 is 56.2 Å². The number of anilines is 1. The lowest BCUT2D eigenvalue weighted by atomic mass is 9.74. The summed E-state index contributed by atoms with van der Waals surface area (Å²) in [5.74, 6) is -3.46. The molecule has 1 aromatic heterocycles. The van der Waals surface area contributed by atoms with Gasteiger partial charge in [0.2, 0.25) is 0 Å².